The minimum atomic E-state index is -3.19. The molecule has 0 spiro atoms. The summed E-state index contributed by atoms with van der Waals surface area (Å²) in [5, 5.41) is 14.6. The van der Waals surface area contributed by atoms with E-state index >= 15 is 0 Å². The van der Waals surface area contributed by atoms with Crippen LogP contribution in [0.3, 0.4) is 0 Å². The molecule has 1 aromatic heterocycles. The van der Waals surface area contributed by atoms with Gasteiger partial charge in [0.15, 0.2) is 0 Å². The molecule has 2 heterocycles. The zero-order valence-corrected chi connectivity index (χ0v) is 21.4. The Bertz CT molecular complexity index is 1250. The lowest BCUT2D eigenvalue weighted by Gasteiger charge is -2.31. The van der Waals surface area contributed by atoms with Gasteiger partial charge in [0.25, 0.3) is 5.91 Å². The summed E-state index contributed by atoms with van der Waals surface area (Å²) in [5.74, 6) is -4.65. The van der Waals surface area contributed by atoms with E-state index in [9.17, 15) is 36.6 Å². The van der Waals surface area contributed by atoms with E-state index in [0.717, 1.165) is 12.1 Å². The summed E-state index contributed by atoms with van der Waals surface area (Å²) in [6, 6.07) is 2.62. The smallest absolute Gasteiger partial charge is 0.405 e. The van der Waals surface area contributed by atoms with E-state index in [2.05, 4.69) is 20.4 Å². The molecule has 0 radical (unpaired) electrons. The Labute approximate surface area is 221 Å². The molecule has 1 aromatic carbocycles. The van der Waals surface area contributed by atoms with E-state index in [4.69, 9.17) is 0 Å². The number of carbonyl (C=O) groups is 2. The average molecular weight is 557 g/mol. The number of halogens is 5. The van der Waals surface area contributed by atoms with Crippen molar-refractivity contribution in [1.82, 2.24) is 15.6 Å². The molecule has 2 aliphatic rings. The number of hydrogen-bond acceptors (Lipinski definition) is 5. The van der Waals surface area contributed by atoms with Gasteiger partial charge in [-0.3, -0.25) is 9.78 Å². The number of aryl methyl sites for hydroxylation is 1. The van der Waals surface area contributed by atoms with Crippen molar-refractivity contribution in [1.29, 1.82) is 0 Å². The van der Waals surface area contributed by atoms with Crippen LogP contribution in [-0.4, -0.2) is 59.3 Å². The fraction of sp³-hybridized carbons (Fsp3) is 0.500. The first-order valence-electron chi connectivity index (χ1n) is 12.5. The lowest BCUT2D eigenvalue weighted by Crippen LogP contribution is -2.47. The number of carbonyl (C=O) groups excluding carboxylic acids is 1. The summed E-state index contributed by atoms with van der Waals surface area (Å²) in [4.78, 5) is 30.9. The molecule has 1 aliphatic carbocycles. The van der Waals surface area contributed by atoms with Crippen LogP contribution < -0.4 is 20.3 Å². The number of alkyl halides is 4. The summed E-state index contributed by atoms with van der Waals surface area (Å²) >= 11 is 0. The number of pyridine rings is 1. The zero-order valence-electron chi connectivity index (χ0n) is 21.4. The minimum Gasteiger partial charge on any atom is -0.465 e. The van der Waals surface area contributed by atoms with Crippen LogP contribution in [0.25, 0.3) is 11.1 Å². The van der Waals surface area contributed by atoms with Gasteiger partial charge >= 0.3 is 12.7 Å². The van der Waals surface area contributed by atoms with Crippen LogP contribution in [-0.2, 0) is 0 Å². The first kappa shape index (κ1) is 28.4. The molecule has 4 rings (SSSR count). The van der Waals surface area contributed by atoms with Crippen LogP contribution in [0.1, 0.15) is 55.1 Å². The van der Waals surface area contributed by atoms with Crippen molar-refractivity contribution in [2.24, 2.45) is 0 Å². The quantitative estimate of drug-likeness (QED) is 0.398. The third kappa shape index (κ3) is 6.69. The number of nitrogens with zero attached hydrogens (tertiary/aromatic N) is 2. The number of ether oxygens (including phenoxy) is 1. The van der Waals surface area contributed by atoms with Crippen LogP contribution in [0.5, 0.6) is 5.75 Å². The molecule has 3 N–H and O–H groups in total. The molecule has 2 aromatic rings. The molecule has 8 nitrogen and oxygen atoms in total. The van der Waals surface area contributed by atoms with E-state index in [0.29, 0.717) is 24.3 Å². The van der Waals surface area contributed by atoms with Crippen molar-refractivity contribution >= 4 is 17.7 Å². The van der Waals surface area contributed by atoms with Gasteiger partial charge in [-0.25, -0.2) is 18.0 Å². The Morgan fingerprint density at radius 1 is 1.18 bits per heavy atom. The highest BCUT2D eigenvalue weighted by Gasteiger charge is 2.39. The molecule has 2 fully saturated rings. The average Bonchev–Trinajstić information content (AvgIpc) is 3.19. The fourth-order valence-electron chi connectivity index (χ4n) is 5.27. The van der Waals surface area contributed by atoms with Crippen molar-refractivity contribution in [3.63, 3.8) is 0 Å². The maximum Gasteiger partial charge on any atom is 0.405 e. The van der Waals surface area contributed by atoms with Crippen LogP contribution in [0.4, 0.5) is 32.4 Å². The zero-order chi connectivity index (χ0) is 28.5. The van der Waals surface area contributed by atoms with Crippen LogP contribution >= 0.6 is 0 Å². The molecule has 2 amide bonds. The first-order valence-corrected chi connectivity index (χ1v) is 12.5. The number of benzene rings is 1. The lowest BCUT2D eigenvalue weighted by molar-refractivity contribution is -0.0499. The molecule has 212 valence electrons. The van der Waals surface area contributed by atoms with Gasteiger partial charge in [0.1, 0.15) is 11.6 Å². The first-order chi connectivity index (χ1) is 18.2. The van der Waals surface area contributed by atoms with Crippen molar-refractivity contribution < 1.29 is 41.4 Å². The standard InChI is InChI=1S/C26H29F5N4O4/c1-14-20(15-9-16(27)11-18(10-15)39-23(28)29)21(35-8-7-25(2,13-35)34-24(37)38)19(12-32-14)22(36)33-17-3-5-26(30,31)6-4-17/h9-12,17,23,34H,3-8,13H2,1-2H3,(H,33,36)(H,37,38)/t25-/m0/s1. The Kier molecular flexibility index (Phi) is 7.89. The molecule has 1 saturated heterocycles. The van der Waals surface area contributed by atoms with Crippen molar-refractivity contribution in [3.8, 4) is 16.9 Å². The normalized spacial score (nSPS) is 21.2. The summed E-state index contributed by atoms with van der Waals surface area (Å²) in [7, 11) is 0. The number of hydrogen-bond donors (Lipinski definition) is 3. The second kappa shape index (κ2) is 10.9. The van der Waals surface area contributed by atoms with Crippen molar-refractivity contribution in [2.45, 2.75) is 70.1 Å². The molecular weight excluding hydrogens is 527 g/mol. The summed E-state index contributed by atoms with van der Waals surface area (Å²) < 4.78 is 72.0. The highest BCUT2D eigenvalue weighted by Crippen LogP contribution is 2.41. The van der Waals surface area contributed by atoms with Crippen LogP contribution in [0.15, 0.2) is 24.4 Å². The van der Waals surface area contributed by atoms with Gasteiger partial charge < -0.3 is 25.4 Å². The molecule has 13 heteroatoms. The molecule has 1 atom stereocenters. The second-order valence-corrected chi connectivity index (χ2v) is 10.3. The van der Waals surface area contributed by atoms with Gasteiger partial charge in [0, 0.05) is 55.5 Å². The number of carboxylic acid groups (broad SMARTS) is 1. The van der Waals surface area contributed by atoms with E-state index in [1.165, 1.54) is 12.3 Å². The maximum absolute atomic E-state index is 14.5. The van der Waals surface area contributed by atoms with E-state index in [-0.39, 0.29) is 48.9 Å². The SMILES string of the molecule is Cc1ncc(C(=O)NC2CCC(F)(F)CC2)c(N2CC[C@](C)(NC(=O)O)C2)c1-c1cc(F)cc(OC(F)F)c1. The molecule has 0 unspecified atom stereocenters. The molecule has 1 saturated carbocycles. The maximum atomic E-state index is 14.5. The molecule has 0 bridgehead atoms. The highest BCUT2D eigenvalue weighted by molar-refractivity contribution is 6.04. The predicted molar refractivity (Wildman–Crippen MR) is 132 cm³/mol. The minimum absolute atomic E-state index is 0.0631. The summed E-state index contributed by atoms with van der Waals surface area (Å²) in [5.41, 5.74) is 0.230. The molecule has 39 heavy (non-hydrogen) atoms. The van der Waals surface area contributed by atoms with Crippen LogP contribution in [0.2, 0.25) is 0 Å². The fourth-order valence-corrected chi connectivity index (χ4v) is 5.27. The van der Waals surface area contributed by atoms with Gasteiger partial charge in [0.2, 0.25) is 5.92 Å². The summed E-state index contributed by atoms with van der Waals surface area (Å²) in [6.45, 7) is 0.556. The van der Waals surface area contributed by atoms with Crippen molar-refractivity contribution in [2.75, 3.05) is 18.0 Å². The molecular formula is C26H29F5N4O4. The van der Waals surface area contributed by atoms with Gasteiger partial charge in [0.05, 0.1) is 16.8 Å². The van der Waals surface area contributed by atoms with E-state index in [1.54, 1.807) is 18.7 Å². The number of rotatable bonds is 7. The Hall–Kier alpha value is -3.64. The Balaban J connectivity index is 1.78. The molecule has 1 aliphatic heterocycles. The lowest BCUT2D eigenvalue weighted by atomic mass is 9.92. The largest absolute Gasteiger partial charge is 0.465 e. The number of nitrogens with one attached hydrogen (secondary N) is 2. The van der Waals surface area contributed by atoms with E-state index in [1.807, 2.05) is 0 Å². The summed E-state index contributed by atoms with van der Waals surface area (Å²) in [6.07, 6.45) is -0.0748. The Morgan fingerprint density at radius 2 is 1.87 bits per heavy atom. The Morgan fingerprint density at radius 3 is 2.51 bits per heavy atom. The van der Waals surface area contributed by atoms with E-state index < -0.39 is 47.7 Å². The predicted octanol–water partition coefficient (Wildman–Crippen LogP) is 5.34. The third-order valence-electron chi connectivity index (χ3n) is 7.12. The number of amides is 2. The van der Waals surface area contributed by atoms with Gasteiger partial charge in [-0.05, 0) is 50.8 Å². The second-order valence-electron chi connectivity index (χ2n) is 10.3. The number of anilines is 1. The van der Waals surface area contributed by atoms with Gasteiger partial charge in [-0.15, -0.1) is 0 Å². The van der Waals surface area contributed by atoms with Crippen LogP contribution in [0, 0.1) is 12.7 Å². The monoisotopic (exact) mass is 556 g/mol. The van der Waals surface area contributed by atoms with Gasteiger partial charge in [-0.2, -0.15) is 8.78 Å². The third-order valence-corrected chi connectivity index (χ3v) is 7.12. The number of aromatic nitrogens is 1. The van der Waals surface area contributed by atoms with Crippen molar-refractivity contribution in [3.05, 3.63) is 41.5 Å². The highest BCUT2D eigenvalue weighted by atomic mass is 19.3. The van der Waals surface area contributed by atoms with Gasteiger partial charge in [-0.1, -0.05) is 0 Å². The topological polar surface area (TPSA) is 104 Å².